The van der Waals surface area contributed by atoms with Crippen molar-refractivity contribution in [2.45, 2.75) is 97.3 Å². The average Bonchev–Trinajstić information content (AvgIpc) is 3.16. The van der Waals surface area contributed by atoms with Crippen molar-refractivity contribution in [3.05, 3.63) is 22.5 Å². The zero-order valence-corrected chi connectivity index (χ0v) is 18.1. The number of fused-ring (bicyclic) bond motifs is 2. The highest BCUT2D eigenvalue weighted by atomic mass is 16.2. The van der Waals surface area contributed by atoms with E-state index in [1.54, 1.807) is 0 Å². The van der Waals surface area contributed by atoms with Crippen LogP contribution in [0, 0.1) is 0 Å². The maximum absolute atomic E-state index is 13.0. The Hall–Kier alpha value is -1.42. The van der Waals surface area contributed by atoms with Crippen molar-refractivity contribution in [2.75, 3.05) is 25.0 Å². The fourth-order valence-corrected chi connectivity index (χ4v) is 4.72. The second-order valence-corrected chi connectivity index (χ2v) is 8.64. The van der Waals surface area contributed by atoms with Gasteiger partial charge < -0.3 is 5.32 Å². The first-order valence-corrected chi connectivity index (χ1v) is 11.8. The lowest BCUT2D eigenvalue weighted by atomic mass is 9.92. The number of carbonyl (C=O) groups is 1. The Kier molecular flexibility index (Phi) is 8.32. The van der Waals surface area contributed by atoms with Crippen molar-refractivity contribution in [1.29, 1.82) is 0 Å². The quantitative estimate of drug-likeness (QED) is 0.541. The molecule has 156 valence electrons. The molecule has 3 rings (SSSR count). The molecule has 1 N–H and O–H groups in total. The number of rotatable bonds is 11. The summed E-state index contributed by atoms with van der Waals surface area (Å²) in [6, 6.07) is 0. The molecule has 0 aromatic carbocycles. The number of pyridine rings is 1. The predicted molar refractivity (Wildman–Crippen MR) is 117 cm³/mol. The Balaban J connectivity index is 1.68. The molecular formula is C24H39N3O. The normalized spacial score (nSPS) is 15.5. The molecule has 0 fully saturated rings. The van der Waals surface area contributed by atoms with Crippen LogP contribution in [0.15, 0.2) is 0 Å². The molecule has 1 aromatic rings. The molecule has 2 aliphatic carbocycles. The van der Waals surface area contributed by atoms with Crippen molar-refractivity contribution in [1.82, 2.24) is 9.88 Å². The third-order valence-corrected chi connectivity index (χ3v) is 6.29. The first kappa shape index (κ1) is 21.3. The maximum Gasteiger partial charge on any atom is 0.238 e. The molecule has 0 spiro atoms. The largest absolute Gasteiger partial charge is 0.324 e. The molecule has 2 aliphatic rings. The average molecular weight is 386 g/mol. The van der Waals surface area contributed by atoms with E-state index in [1.165, 1.54) is 80.3 Å². The molecule has 1 amide bonds. The summed E-state index contributed by atoms with van der Waals surface area (Å²) in [5, 5.41) is 3.36. The number of carbonyl (C=O) groups excluding carboxylic acids is 1. The van der Waals surface area contributed by atoms with Crippen LogP contribution in [0.25, 0.3) is 0 Å². The summed E-state index contributed by atoms with van der Waals surface area (Å²) in [5.41, 5.74) is 6.31. The maximum atomic E-state index is 13.0. The standard InChI is InChI=1S/C24H39N3O/c1-3-5-9-16-27(17-10-6-4-2)18-23(28)26-24-19-12-7-8-14-21(19)25-22-15-11-13-20(22)24/h3-18H2,1-2H3,(H,25,26,28). The molecule has 4 heteroatoms. The highest BCUT2D eigenvalue weighted by Crippen LogP contribution is 2.35. The third-order valence-electron chi connectivity index (χ3n) is 6.29. The lowest BCUT2D eigenvalue weighted by molar-refractivity contribution is -0.117. The van der Waals surface area contributed by atoms with E-state index in [9.17, 15) is 4.79 Å². The zero-order valence-electron chi connectivity index (χ0n) is 18.1. The fraction of sp³-hybridized carbons (Fsp3) is 0.750. The Bertz CT molecular complexity index is 646. The SMILES string of the molecule is CCCCCN(CCCCC)CC(=O)Nc1c2c(nc3c1CCC3)CCCC2. The summed E-state index contributed by atoms with van der Waals surface area (Å²) in [6.45, 7) is 7.08. The van der Waals surface area contributed by atoms with Crippen molar-refractivity contribution in [2.24, 2.45) is 0 Å². The molecule has 0 saturated heterocycles. The van der Waals surface area contributed by atoms with Crippen molar-refractivity contribution < 1.29 is 4.79 Å². The number of anilines is 1. The molecule has 1 heterocycles. The van der Waals surface area contributed by atoms with E-state index < -0.39 is 0 Å². The van der Waals surface area contributed by atoms with Crippen LogP contribution in [0.3, 0.4) is 0 Å². The summed E-state index contributed by atoms with van der Waals surface area (Å²) in [6.07, 6.45) is 15.2. The summed E-state index contributed by atoms with van der Waals surface area (Å²) in [4.78, 5) is 20.3. The minimum atomic E-state index is 0.168. The number of hydrogen-bond acceptors (Lipinski definition) is 3. The van der Waals surface area contributed by atoms with Gasteiger partial charge in [-0.2, -0.15) is 0 Å². The summed E-state index contributed by atoms with van der Waals surface area (Å²) >= 11 is 0. The molecule has 0 radical (unpaired) electrons. The van der Waals surface area contributed by atoms with Crippen LogP contribution >= 0.6 is 0 Å². The van der Waals surface area contributed by atoms with Crippen LogP contribution in [0.5, 0.6) is 0 Å². The Morgan fingerprint density at radius 3 is 2.07 bits per heavy atom. The number of unbranched alkanes of at least 4 members (excludes halogenated alkanes) is 4. The van der Waals surface area contributed by atoms with Gasteiger partial charge in [0.15, 0.2) is 0 Å². The van der Waals surface area contributed by atoms with Crippen LogP contribution in [0.1, 0.15) is 94.1 Å². The molecule has 0 unspecified atom stereocenters. The number of nitrogens with zero attached hydrogens (tertiary/aromatic N) is 2. The van der Waals surface area contributed by atoms with Gasteiger partial charge in [0, 0.05) is 11.4 Å². The number of aromatic nitrogens is 1. The van der Waals surface area contributed by atoms with Gasteiger partial charge in [-0.15, -0.1) is 0 Å². The molecule has 0 atom stereocenters. The van der Waals surface area contributed by atoms with E-state index in [0.717, 1.165) is 44.5 Å². The van der Waals surface area contributed by atoms with E-state index in [1.807, 2.05) is 0 Å². The van der Waals surface area contributed by atoms with E-state index in [4.69, 9.17) is 4.98 Å². The first-order valence-electron chi connectivity index (χ1n) is 11.8. The van der Waals surface area contributed by atoms with Gasteiger partial charge in [-0.05, 0) is 82.0 Å². The topological polar surface area (TPSA) is 45.2 Å². The molecule has 0 aliphatic heterocycles. The van der Waals surface area contributed by atoms with Crippen molar-refractivity contribution in [3.8, 4) is 0 Å². The summed E-state index contributed by atoms with van der Waals surface area (Å²) < 4.78 is 0. The Morgan fingerprint density at radius 1 is 0.857 bits per heavy atom. The third kappa shape index (κ3) is 5.56. The number of aryl methyl sites for hydroxylation is 2. The van der Waals surface area contributed by atoms with Crippen LogP contribution < -0.4 is 5.32 Å². The second kappa shape index (κ2) is 10.9. The highest BCUT2D eigenvalue weighted by molar-refractivity contribution is 5.94. The van der Waals surface area contributed by atoms with Crippen molar-refractivity contribution >= 4 is 11.6 Å². The lowest BCUT2D eigenvalue weighted by Gasteiger charge is -2.25. The molecular weight excluding hydrogens is 346 g/mol. The molecule has 4 nitrogen and oxygen atoms in total. The number of amides is 1. The minimum Gasteiger partial charge on any atom is -0.324 e. The predicted octanol–water partition coefficient (Wildman–Crippen LogP) is 5.07. The van der Waals surface area contributed by atoms with Gasteiger partial charge in [-0.25, -0.2) is 0 Å². The van der Waals surface area contributed by atoms with Gasteiger partial charge >= 0.3 is 0 Å². The second-order valence-electron chi connectivity index (χ2n) is 8.64. The molecule has 0 saturated carbocycles. The van der Waals surface area contributed by atoms with Crippen LogP contribution in [0.2, 0.25) is 0 Å². The van der Waals surface area contributed by atoms with Crippen LogP contribution in [-0.4, -0.2) is 35.4 Å². The highest BCUT2D eigenvalue weighted by Gasteiger charge is 2.25. The van der Waals surface area contributed by atoms with E-state index in [0.29, 0.717) is 6.54 Å². The van der Waals surface area contributed by atoms with Crippen molar-refractivity contribution in [3.63, 3.8) is 0 Å². The number of hydrogen-bond donors (Lipinski definition) is 1. The van der Waals surface area contributed by atoms with Gasteiger partial charge in [0.1, 0.15) is 0 Å². The monoisotopic (exact) mass is 385 g/mol. The molecule has 1 aromatic heterocycles. The van der Waals surface area contributed by atoms with Gasteiger partial charge in [0.05, 0.1) is 12.2 Å². The first-order chi connectivity index (χ1) is 13.7. The number of nitrogens with one attached hydrogen (secondary N) is 1. The summed E-state index contributed by atoms with van der Waals surface area (Å²) in [7, 11) is 0. The van der Waals surface area contributed by atoms with Crippen LogP contribution in [-0.2, 0) is 30.5 Å². The van der Waals surface area contributed by atoms with Gasteiger partial charge in [-0.3, -0.25) is 14.7 Å². The molecule has 0 bridgehead atoms. The summed E-state index contributed by atoms with van der Waals surface area (Å²) in [5.74, 6) is 0.168. The molecule has 28 heavy (non-hydrogen) atoms. The van der Waals surface area contributed by atoms with E-state index >= 15 is 0 Å². The van der Waals surface area contributed by atoms with Gasteiger partial charge in [-0.1, -0.05) is 39.5 Å². The zero-order chi connectivity index (χ0) is 19.8. The van der Waals surface area contributed by atoms with Gasteiger partial charge in [0.25, 0.3) is 0 Å². The Morgan fingerprint density at radius 2 is 1.43 bits per heavy atom. The fourth-order valence-electron chi connectivity index (χ4n) is 4.72. The van der Waals surface area contributed by atoms with E-state index in [-0.39, 0.29) is 5.91 Å². The Labute approximate surface area is 171 Å². The van der Waals surface area contributed by atoms with E-state index in [2.05, 4.69) is 24.1 Å². The van der Waals surface area contributed by atoms with Gasteiger partial charge in [0.2, 0.25) is 5.91 Å². The minimum absolute atomic E-state index is 0.168. The lowest BCUT2D eigenvalue weighted by Crippen LogP contribution is -2.35. The smallest absolute Gasteiger partial charge is 0.238 e. The van der Waals surface area contributed by atoms with Crippen LogP contribution in [0.4, 0.5) is 5.69 Å².